The third kappa shape index (κ3) is 2.72. The van der Waals surface area contributed by atoms with Crippen molar-refractivity contribution in [2.24, 2.45) is 22.7 Å². The molecule has 3 rings (SSSR count). The first-order chi connectivity index (χ1) is 11.1. The highest BCUT2D eigenvalue weighted by Gasteiger charge is 2.61. The van der Waals surface area contributed by atoms with Crippen molar-refractivity contribution in [2.45, 2.75) is 72.7 Å². The summed E-state index contributed by atoms with van der Waals surface area (Å²) >= 11 is 0. The van der Waals surface area contributed by atoms with E-state index in [1.54, 1.807) is 6.26 Å². The third-order valence-electron chi connectivity index (χ3n) is 6.37. The van der Waals surface area contributed by atoms with Gasteiger partial charge in [-0.25, -0.2) is 0 Å². The molecule has 2 fully saturated rings. The predicted octanol–water partition coefficient (Wildman–Crippen LogP) is 3.57. The van der Waals surface area contributed by atoms with Gasteiger partial charge in [-0.3, -0.25) is 9.59 Å². The first-order valence-electron chi connectivity index (χ1n) is 8.85. The highest BCUT2D eigenvalue weighted by Crippen LogP contribution is 2.63. The van der Waals surface area contributed by atoms with Gasteiger partial charge in [-0.05, 0) is 36.0 Å². The van der Waals surface area contributed by atoms with Gasteiger partial charge in [0.2, 0.25) is 0 Å². The van der Waals surface area contributed by atoms with E-state index in [4.69, 9.17) is 14.2 Å². The van der Waals surface area contributed by atoms with Gasteiger partial charge in [-0.15, -0.1) is 0 Å². The minimum Gasteiger partial charge on any atom is -0.462 e. The monoisotopic (exact) mass is 336 g/mol. The number of hydrogen-bond donors (Lipinski definition) is 0. The van der Waals surface area contributed by atoms with Crippen molar-refractivity contribution in [3.8, 4) is 0 Å². The van der Waals surface area contributed by atoms with Crippen LogP contribution in [0.15, 0.2) is 11.8 Å². The Bertz CT molecular complexity index is 578. The summed E-state index contributed by atoms with van der Waals surface area (Å²) in [4.78, 5) is 23.1. The number of esters is 2. The quantitative estimate of drug-likeness (QED) is 0.721. The number of rotatable bonds is 2. The zero-order chi connectivity index (χ0) is 17.7. The lowest BCUT2D eigenvalue weighted by Gasteiger charge is -2.58. The van der Waals surface area contributed by atoms with Crippen molar-refractivity contribution >= 4 is 11.9 Å². The molecule has 3 aliphatic rings. The maximum atomic E-state index is 11.6. The number of carbonyl (C=O) groups is 2. The maximum absolute atomic E-state index is 11.6. The Morgan fingerprint density at radius 1 is 1.12 bits per heavy atom. The van der Waals surface area contributed by atoms with Gasteiger partial charge in [0, 0.05) is 19.4 Å². The van der Waals surface area contributed by atoms with Crippen molar-refractivity contribution in [3.63, 3.8) is 0 Å². The van der Waals surface area contributed by atoms with Gasteiger partial charge < -0.3 is 14.2 Å². The van der Waals surface area contributed by atoms with Gasteiger partial charge in [0.1, 0.15) is 6.10 Å². The molecule has 1 heterocycles. The van der Waals surface area contributed by atoms with Crippen LogP contribution >= 0.6 is 0 Å². The first-order valence-corrected chi connectivity index (χ1v) is 8.85. The van der Waals surface area contributed by atoms with E-state index in [1.165, 1.54) is 13.8 Å². The van der Waals surface area contributed by atoms with E-state index >= 15 is 0 Å². The molecule has 5 atom stereocenters. The van der Waals surface area contributed by atoms with Gasteiger partial charge in [-0.2, -0.15) is 0 Å². The van der Waals surface area contributed by atoms with Gasteiger partial charge in [0.25, 0.3) is 6.29 Å². The van der Waals surface area contributed by atoms with Crippen LogP contribution in [-0.2, 0) is 23.8 Å². The molecule has 0 N–H and O–H groups in total. The first kappa shape index (κ1) is 17.3. The summed E-state index contributed by atoms with van der Waals surface area (Å²) in [5.74, 6) is -0.304. The van der Waals surface area contributed by atoms with Crippen LogP contribution in [0.3, 0.4) is 0 Å². The molecule has 5 heteroatoms. The van der Waals surface area contributed by atoms with E-state index in [9.17, 15) is 9.59 Å². The SMILES string of the molecule is CC(=O)O[C@@H]1OC=C2[C@H]1[C@@]1(C)CCCC(C)(C)[C@@H]1C[C@H]2OC(C)=O. The summed E-state index contributed by atoms with van der Waals surface area (Å²) in [6.07, 6.45) is 4.94. The molecule has 134 valence electrons. The van der Waals surface area contributed by atoms with E-state index < -0.39 is 6.29 Å². The highest BCUT2D eigenvalue weighted by atomic mass is 16.7. The lowest BCUT2D eigenvalue weighted by molar-refractivity contribution is -0.193. The van der Waals surface area contributed by atoms with E-state index in [0.717, 1.165) is 31.3 Å². The van der Waals surface area contributed by atoms with Crippen molar-refractivity contribution in [1.82, 2.24) is 0 Å². The fourth-order valence-electron chi connectivity index (χ4n) is 5.47. The summed E-state index contributed by atoms with van der Waals surface area (Å²) in [5, 5.41) is 0. The molecule has 0 amide bonds. The van der Waals surface area contributed by atoms with Crippen LogP contribution in [0.4, 0.5) is 0 Å². The van der Waals surface area contributed by atoms with Crippen molar-refractivity contribution in [1.29, 1.82) is 0 Å². The largest absolute Gasteiger partial charge is 0.462 e. The second kappa shape index (κ2) is 5.78. The molecule has 0 radical (unpaired) electrons. The van der Waals surface area contributed by atoms with Crippen LogP contribution in [0.5, 0.6) is 0 Å². The molecule has 2 aliphatic carbocycles. The van der Waals surface area contributed by atoms with Gasteiger partial charge >= 0.3 is 11.9 Å². The molecule has 0 unspecified atom stereocenters. The minimum absolute atomic E-state index is 0.0269. The molecule has 0 aromatic heterocycles. The highest BCUT2D eigenvalue weighted by molar-refractivity contribution is 5.67. The molecule has 0 aromatic carbocycles. The molecular weight excluding hydrogens is 308 g/mol. The predicted molar refractivity (Wildman–Crippen MR) is 87.6 cm³/mol. The number of ether oxygens (including phenoxy) is 3. The lowest BCUT2D eigenvalue weighted by Crippen LogP contribution is -2.55. The number of fused-ring (bicyclic) bond motifs is 3. The smallest absolute Gasteiger partial charge is 0.305 e. The zero-order valence-corrected chi connectivity index (χ0v) is 15.3. The Morgan fingerprint density at radius 2 is 1.79 bits per heavy atom. The molecule has 0 bridgehead atoms. The minimum atomic E-state index is -0.614. The van der Waals surface area contributed by atoms with E-state index in [2.05, 4.69) is 20.8 Å². The Hall–Kier alpha value is -1.52. The number of hydrogen-bond acceptors (Lipinski definition) is 5. The summed E-state index contributed by atoms with van der Waals surface area (Å²) in [5.41, 5.74) is 1.09. The van der Waals surface area contributed by atoms with Crippen LogP contribution in [-0.4, -0.2) is 24.3 Å². The van der Waals surface area contributed by atoms with Crippen LogP contribution in [0.25, 0.3) is 0 Å². The molecular formula is C19H28O5. The van der Waals surface area contributed by atoms with Crippen molar-refractivity contribution in [3.05, 3.63) is 11.8 Å². The molecule has 0 aromatic rings. The fourth-order valence-corrected chi connectivity index (χ4v) is 5.47. The van der Waals surface area contributed by atoms with Crippen LogP contribution in [0, 0.1) is 22.7 Å². The van der Waals surface area contributed by atoms with E-state index in [-0.39, 0.29) is 34.8 Å². The lowest BCUT2D eigenvalue weighted by atomic mass is 9.47. The third-order valence-corrected chi connectivity index (χ3v) is 6.37. The van der Waals surface area contributed by atoms with E-state index in [0.29, 0.717) is 5.92 Å². The summed E-state index contributed by atoms with van der Waals surface area (Å²) in [7, 11) is 0. The van der Waals surface area contributed by atoms with E-state index in [1.807, 2.05) is 0 Å². The summed E-state index contributed by atoms with van der Waals surface area (Å²) in [6, 6.07) is 0. The Balaban J connectivity index is 2.00. The summed E-state index contributed by atoms with van der Waals surface area (Å²) < 4.78 is 16.8. The second-order valence-electron chi connectivity index (χ2n) is 8.44. The Kier molecular flexibility index (Phi) is 4.17. The molecule has 0 saturated heterocycles. The van der Waals surface area contributed by atoms with Gasteiger partial charge in [0.05, 0.1) is 12.2 Å². The Labute approximate surface area is 143 Å². The van der Waals surface area contributed by atoms with Gasteiger partial charge in [-0.1, -0.05) is 27.2 Å². The topological polar surface area (TPSA) is 61.8 Å². The fraction of sp³-hybridized carbons (Fsp3) is 0.789. The molecule has 2 saturated carbocycles. The standard InChI is InChI=1S/C19H28O5/c1-11(20)23-14-9-15-18(3,4)7-6-8-19(15,5)16-13(14)10-22-17(16)24-12(2)21/h10,14-17H,6-9H2,1-5H3/t14-,15+,16-,17+,19+/m1/s1. The van der Waals surface area contributed by atoms with Gasteiger partial charge in [0.15, 0.2) is 0 Å². The van der Waals surface area contributed by atoms with Crippen LogP contribution in [0.1, 0.15) is 60.3 Å². The average Bonchev–Trinajstić information content (AvgIpc) is 2.84. The average molecular weight is 336 g/mol. The molecule has 24 heavy (non-hydrogen) atoms. The molecule has 1 aliphatic heterocycles. The van der Waals surface area contributed by atoms with Crippen molar-refractivity contribution in [2.75, 3.05) is 0 Å². The van der Waals surface area contributed by atoms with Crippen LogP contribution in [0.2, 0.25) is 0 Å². The number of carbonyl (C=O) groups excluding carboxylic acids is 2. The molecule has 0 spiro atoms. The molecule has 5 nitrogen and oxygen atoms in total. The Morgan fingerprint density at radius 3 is 2.42 bits per heavy atom. The summed E-state index contributed by atoms with van der Waals surface area (Å²) in [6.45, 7) is 9.72. The maximum Gasteiger partial charge on any atom is 0.305 e. The van der Waals surface area contributed by atoms with Crippen LogP contribution < -0.4 is 0 Å². The zero-order valence-electron chi connectivity index (χ0n) is 15.3. The second-order valence-corrected chi connectivity index (χ2v) is 8.44. The van der Waals surface area contributed by atoms with Crippen molar-refractivity contribution < 1.29 is 23.8 Å². The normalized spacial score (nSPS) is 39.8.